The zero-order valence-corrected chi connectivity index (χ0v) is 13.9. The van der Waals surface area contributed by atoms with Gasteiger partial charge in [-0.1, -0.05) is 0 Å². The summed E-state index contributed by atoms with van der Waals surface area (Å²) >= 11 is 0. The van der Waals surface area contributed by atoms with E-state index in [1.807, 2.05) is 0 Å². The third kappa shape index (κ3) is 4.04. The van der Waals surface area contributed by atoms with Crippen molar-refractivity contribution in [3.05, 3.63) is 62.2 Å². The third-order valence-electron chi connectivity index (χ3n) is 3.36. The van der Waals surface area contributed by atoms with Crippen molar-refractivity contribution in [3.63, 3.8) is 0 Å². The van der Waals surface area contributed by atoms with Crippen molar-refractivity contribution in [1.82, 2.24) is 0 Å². The van der Waals surface area contributed by atoms with Gasteiger partial charge in [0.2, 0.25) is 0 Å². The lowest BCUT2D eigenvalue weighted by molar-refractivity contribution is -0.392. The van der Waals surface area contributed by atoms with Gasteiger partial charge in [0.05, 0.1) is 29.1 Å². The van der Waals surface area contributed by atoms with E-state index >= 15 is 0 Å². The largest absolute Gasteiger partial charge is 0.497 e. The molecule has 0 radical (unpaired) electrons. The molecule has 0 atom stereocenters. The van der Waals surface area contributed by atoms with Gasteiger partial charge in [0.25, 0.3) is 0 Å². The highest BCUT2D eigenvalue weighted by atomic mass is 16.6. The lowest BCUT2D eigenvalue weighted by Gasteiger charge is -2.10. The van der Waals surface area contributed by atoms with Crippen molar-refractivity contribution in [3.8, 4) is 5.75 Å². The number of ether oxygens (including phenoxy) is 2. The summed E-state index contributed by atoms with van der Waals surface area (Å²) in [4.78, 5) is 33.0. The fraction of sp³-hybridized carbons (Fsp3) is 0.188. The SMILES string of the molecule is CCOC(=O)c1cc([N+](=O)[O-])c(Nc2ccc(OC)cc2)c([N+](=O)[O-])c1. The van der Waals surface area contributed by atoms with Gasteiger partial charge in [-0.2, -0.15) is 0 Å². The third-order valence-corrected chi connectivity index (χ3v) is 3.36. The maximum Gasteiger partial charge on any atom is 0.338 e. The minimum absolute atomic E-state index is 0.0340. The Hall–Kier alpha value is -3.69. The first kappa shape index (κ1) is 18.6. The van der Waals surface area contributed by atoms with Crippen LogP contribution in [-0.2, 0) is 4.74 Å². The molecule has 2 rings (SSSR count). The Bertz CT molecular complexity index is 814. The summed E-state index contributed by atoms with van der Waals surface area (Å²) < 4.78 is 9.78. The molecule has 0 aliphatic carbocycles. The van der Waals surface area contributed by atoms with Crippen molar-refractivity contribution in [2.75, 3.05) is 19.0 Å². The van der Waals surface area contributed by atoms with E-state index in [1.54, 1.807) is 31.2 Å². The fourth-order valence-electron chi connectivity index (χ4n) is 2.18. The normalized spacial score (nSPS) is 10.1. The predicted molar refractivity (Wildman–Crippen MR) is 92.0 cm³/mol. The van der Waals surface area contributed by atoms with Crippen molar-refractivity contribution in [2.24, 2.45) is 0 Å². The molecule has 0 fully saturated rings. The van der Waals surface area contributed by atoms with Crippen LogP contribution < -0.4 is 10.1 Å². The molecule has 0 aromatic heterocycles. The summed E-state index contributed by atoms with van der Waals surface area (Å²) in [5, 5.41) is 25.4. The Morgan fingerprint density at radius 3 is 2.04 bits per heavy atom. The lowest BCUT2D eigenvalue weighted by Crippen LogP contribution is -2.08. The van der Waals surface area contributed by atoms with Crippen molar-refractivity contribution in [1.29, 1.82) is 0 Å². The predicted octanol–water partition coefficient (Wildman–Crippen LogP) is 3.43. The number of nitro groups is 2. The highest BCUT2D eigenvalue weighted by molar-refractivity contribution is 5.94. The zero-order chi connectivity index (χ0) is 19.3. The molecule has 2 aromatic rings. The first-order valence-corrected chi connectivity index (χ1v) is 7.42. The van der Waals surface area contributed by atoms with Crippen LogP contribution in [0.5, 0.6) is 5.75 Å². The minimum Gasteiger partial charge on any atom is -0.497 e. The Morgan fingerprint density at radius 2 is 1.62 bits per heavy atom. The van der Waals surface area contributed by atoms with Crippen LogP contribution in [0.15, 0.2) is 36.4 Å². The van der Waals surface area contributed by atoms with Gasteiger partial charge in [-0.15, -0.1) is 0 Å². The molecule has 0 heterocycles. The van der Waals surface area contributed by atoms with Gasteiger partial charge in [0.1, 0.15) is 5.75 Å². The number of rotatable bonds is 7. The molecule has 0 bridgehead atoms. The summed E-state index contributed by atoms with van der Waals surface area (Å²) in [7, 11) is 1.48. The smallest absolute Gasteiger partial charge is 0.338 e. The highest BCUT2D eigenvalue weighted by Gasteiger charge is 2.29. The molecule has 0 unspecified atom stereocenters. The van der Waals surface area contributed by atoms with E-state index in [0.29, 0.717) is 11.4 Å². The maximum atomic E-state index is 11.8. The molecule has 26 heavy (non-hydrogen) atoms. The van der Waals surface area contributed by atoms with Crippen LogP contribution in [-0.4, -0.2) is 29.5 Å². The molecular weight excluding hydrogens is 346 g/mol. The number of hydrogen-bond acceptors (Lipinski definition) is 8. The van der Waals surface area contributed by atoms with E-state index in [9.17, 15) is 25.0 Å². The fourth-order valence-corrected chi connectivity index (χ4v) is 2.18. The number of nitrogens with one attached hydrogen (secondary N) is 1. The summed E-state index contributed by atoms with van der Waals surface area (Å²) in [5.41, 5.74) is -1.46. The minimum atomic E-state index is -0.880. The second kappa shape index (κ2) is 7.92. The van der Waals surface area contributed by atoms with Crippen molar-refractivity contribution < 1.29 is 24.1 Å². The van der Waals surface area contributed by atoms with Gasteiger partial charge in [-0.3, -0.25) is 20.2 Å². The average Bonchev–Trinajstić information content (AvgIpc) is 2.62. The van der Waals surface area contributed by atoms with Crippen LogP contribution >= 0.6 is 0 Å². The number of esters is 1. The van der Waals surface area contributed by atoms with Crippen molar-refractivity contribution >= 4 is 28.7 Å². The molecule has 0 aliphatic heterocycles. The number of carbonyl (C=O) groups is 1. The number of benzene rings is 2. The van der Waals surface area contributed by atoms with Crippen LogP contribution in [0.25, 0.3) is 0 Å². The number of nitro benzene ring substituents is 2. The van der Waals surface area contributed by atoms with Gasteiger partial charge >= 0.3 is 17.3 Å². The van der Waals surface area contributed by atoms with E-state index in [1.165, 1.54) is 7.11 Å². The molecule has 0 saturated heterocycles. The molecule has 136 valence electrons. The second-order valence-electron chi connectivity index (χ2n) is 4.98. The molecule has 0 spiro atoms. The first-order chi connectivity index (χ1) is 12.4. The molecule has 0 aliphatic rings. The van der Waals surface area contributed by atoms with Gasteiger partial charge in [-0.25, -0.2) is 4.79 Å². The van der Waals surface area contributed by atoms with E-state index in [-0.39, 0.29) is 17.9 Å². The second-order valence-corrected chi connectivity index (χ2v) is 4.98. The topological polar surface area (TPSA) is 134 Å². The number of nitrogens with zero attached hydrogens (tertiary/aromatic N) is 2. The highest BCUT2D eigenvalue weighted by Crippen LogP contribution is 2.38. The van der Waals surface area contributed by atoms with E-state index in [4.69, 9.17) is 9.47 Å². The molecule has 1 N–H and O–H groups in total. The average molecular weight is 361 g/mol. The van der Waals surface area contributed by atoms with Crippen LogP contribution in [0.4, 0.5) is 22.7 Å². The molecule has 10 heteroatoms. The maximum absolute atomic E-state index is 11.8. The number of anilines is 2. The van der Waals surface area contributed by atoms with Gasteiger partial charge in [-0.05, 0) is 31.2 Å². The lowest BCUT2D eigenvalue weighted by atomic mass is 10.1. The molecule has 0 amide bonds. The van der Waals surface area contributed by atoms with Crippen LogP contribution in [0.1, 0.15) is 17.3 Å². The first-order valence-electron chi connectivity index (χ1n) is 7.42. The number of hydrogen-bond donors (Lipinski definition) is 1. The van der Waals surface area contributed by atoms with Gasteiger partial charge < -0.3 is 14.8 Å². The van der Waals surface area contributed by atoms with E-state index in [2.05, 4.69) is 5.32 Å². The summed E-state index contributed by atoms with van der Waals surface area (Å²) in [6.07, 6.45) is 0. The van der Waals surface area contributed by atoms with Gasteiger partial charge in [0.15, 0.2) is 5.69 Å². The monoisotopic (exact) mass is 361 g/mol. The molecule has 2 aromatic carbocycles. The Morgan fingerprint density at radius 1 is 1.08 bits per heavy atom. The quantitative estimate of drug-likeness (QED) is 0.450. The van der Waals surface area contributed by atoms with Crippen LogP contribution in [0.3, 0.4) is 0 Å². The zero-order valence-electron chi connectivity index (χ0n) is 13.9. The standard InChI is InChI=1S/C16H15N3O7/c1-3-26-16(20)10-8-13(18(21)22)15(14(9-10)19(23)24)17-11-4-6-12(25-2)7-5-11/h4-9,17H,3H2,1-2H3. The number of methoxy groups -OCH3 is 1. The summed E-state index contributed by atoms with van der Waals surface area (Å²) in [6.45, 7) is 1.59. The number of carbonyl (C=O) groups excluding carboxylic acids is 1. The Labute approximate surface area is 147 Å². The molecule has 10 nitrogen and oxygen atoms in total. The van der Waals surface area contributed by atoms with Crippen LogP contribution in [0.2, 0.25) is 0 Å². The van der Waals surface area contributed by atoms with Crippen LogP contribution in [0, 0.1) is 20.2 Å². The molecule has 0 saturated carbocycles. The Kier molecular flexibility index (Phi) is 5.68. The summed E-state index contributed by atoms with van der Waals surface area (Å²) in [5.74, 6) is -0.327. The van der Waals surface area contributed by atoms with E-state index in [0.717, 1.165) is 12.1 Å². The van der Waals surface area contributed by atoms with Crippen molar-refractivity contribution in [2.45, 2.75) is 6.92 Å². The van der Waals surface area contributed by atoms with Gasteiger partial charge in [0, 0.05) is 17.8 Å². The molecular formula is C16H15N3O7. The Balaban J connectivity index is 2.56. The summed E-state index contributed by atoms with van der Waals surface area (Å²) in [6, 6.07) is 8.16. The van der Waals surface area contributed by atoms with E-state index < -0.39 is 27.2 Å².